The molecule has 364 valence electrons. The van der Waals surface area contributed by atoms with Gasteiger partial charge in [-0.3, -0.25) is 14.7 Å². The average Bonchev–Trinajstić information content (AvgIpc) is 4.27. The molecule has 3 aromatic carbocycles. The maximum Gasteiger partial charge on any atom is 0.336 e. The van der Waals surface area contributed by atoms with Gasteiger partial charge in [0.25, 0.3) is 11.8 Å². The van der Waals surface area contributed by atoms with Gasteiger partial charge in [-0.15, -0.1) is 5.10 Å². The summed E-state index contributed by atoms with van der Waals surface area (Å²) in [5.74, 6) is 0.458. The van der Waals surface area contributed by atoms with E-state index in [9.17, 15) is 14.4 Å². The number of hydrogen-bond acceptors (Lipinski definition) is 9. The molecule has 0 bridgehead atoms. The van der Waals surface area contributed by atoms with E-state index in [-0.39, 0.29) is 19.2 Å². The zero-order valence-corrected chi connectivity index (χ0v) is 38.9. The van der Waals surface area contributed by atoms with Crippen LogP contribution in [-0.4, -0.2) is 67.6 Å². The van der Waals surface area contributed by atoms with Gasteiger partial charge in [-0.25, -0.2) is 4.79 Å². The first-order chi connectivity index (χ1) is 34.0. The topological polar surface area (TPSA) is 261 Å². The summed E-state index contributed by atoms with van der Waals surface area (Å²) < 4.78 is 2.87. The number of nitrogens with zero attached hydrogens (tertiary/aromatic N) is 5. The van der Waals surface area contributed by atoms with Crippen LogP contribution in [0.3, 0.4) is 0 Å². The van der Waals surface area contributed by atoms with Crippen LogP contribution in [0.4, 0.5) is 17.5 Å². The van der Waals surface area contributed by atoms with Crippen molar-refractivity contribution in [1.82, 2.24) is 44.7 Å². The minimum absolute atomic E-state index is 0. The molecule has 0 radical (unpaired) electrons. The van der Waals surface area contributed by atoms with Gasteiger partial charge in [0.1, 0.15) is 17.5 Å². The lowest BCUT2D eigenvalue weighted by molar-refractivity contribution is 0.0698. The quantitative estimate of drug-likeness (QED) is 0.0782. The maximum absolute atomic E-state index is 13.0. The van der Waals surface area contributed by atoms with Crippen molar-refractivity contribution in [3.05, 3.63) is 160 Å². The number of hydrogen-bond donors (Lipinski definition) is 8. The Morgan fingerprint density at radius 2 is 1.03 bits per heavy atom. The molecule has 71 heavy (non-hydrogen) atoms. The van der Waals surface area contributed by atoms with Crippen molar-refractivity contribution in [2.75, 3.05) is 17.2 Å². The fourth-order valence-electron chi connectivity index (χ4n) is 9.68. The van der Waals surface area contributed by atoms with E-state index < -0.39 is 5.97 Å². The van der Waals surface area contributed by atoms with Crippen LogP contribution in [0.5, 0.6) is 0 Å². The number of benzene rings is 3. The summed E-state index contributed by atoms with van der Waals surface area (Å²) in [5.41, 5.74) is 31.1. The van der Waals surface area contributed by atoms with E-state index in [1.807, 2.05) is 54.6 Å². The third-order valence-corrected chi connectivity index (χ3v) is 13.3. The number of rotatable bonds is 6. The van der Waals surface area contributed by atoms with Crippen LogP contribution < -0.4 is 17.2 Å². The van der Waals surface area contributed by atoms with Gasteiger partial charge in [0.05, 0.1) is 28.1 Å². The minimum atomic E-state index is -0.912. The monoisotopic (exact) mass is 952 g/mol. The Hall–Kier alpha value is -8.66. The highest BCUT2D eigenvalue weighted by molar-refractivity contribution is 6.09. The standard InChI is InChI=1S/2C18H18N4O.C11H9NO2.C7H11N3.CH4/c1-2-11-10-14-12(7-5-8-15(14)20-11)18(23)22-16-9-4-3-6-13(16)17(19)21-22;1-2-11-10-14-12(7-5-9-15(14)20-11)18(23)22-17(19)13-6-3-4-8-16(13)21-22;1-2-7-6-9-8(11(13)14)4-3-5-10(9)12-7;8-7-5-3-1-2-4-6(5)9-10-7;/h2,5,7-8,10,20H,1,3-4,6,9H2,(H2,19,21);2,5,7,9-10,20H,1,3-4,6,8,19H2;2-6,12H,1H2,(H,13,14);1-4H2,(H3,8,9,10);1H4. The number of aromatic amines is 4. The number of carbonyl (C=O) groups is 3. The van der Waals surface area contributed by atoms with Gasteiger partial charge in [-0.2, -0.15) is 19.6 Å². The zero-order chi connectivity index (χ0) is 49.1. The van der Waals surface area contributed by atoms with Gasteiger partial charge >= 0.3 is 5.97 Å². The molecule has 0 amide bonds. The van der Waals surface area contributed by atoms with Crippen LogP contribution >= 0.6 is 0 Å². The Labute approximate surface area is 410 Å². The Bertz CT molecular complexity index is 3480. The number of carboxylic acid groups (broad SMARTS) is 1. The summed E-state index contributed by atoms with van der Waals surface area (Å²) in [5, 5.41) is 27.1. The first-order valence-corrected chi connectivity index (χ1v) is 23.6. The van der Waals surface area contributed by atoms with E-state index in [1.54, 1.807) is 36.4 Å². The molecular weight excluding hydrogens is 893 g/mol. The molecule has 0 atom stereocenters. The molecule has 3 aliphatic carbocycles. The number of carbonyl (C=O) groups excluding carboxylic acids is 2. The van der Waals surface area contributed by atoms with E-state index in [1.165, 1.54) is 33.5 Å². The lowest BCUT2D eigenvalue weighted by Crippen LogP contribution is -2.18. The summed E-state index contributed by atoms with van der Waals surface area (Å²) in [4.78, 5) is 46.4. The predicted octanol–water partition coefficient (Wildman–Crippen LogP) is 10.3. The fourth-order valence-corrected chi connectivity index (χ4v) is 9.68. The first kappa shape index (κ1) is 48.8. The highest BCUT2D eigenvalue weighted by Gasteiger charge is 2.26. The zero-order valence-electron chi connectivity index (χ0n) is 38.9. The molecule has 0 saturated heterocycles. The van der Waals surface area contributed by atoms with Crippen molar-refractivity contribution in [1.29, 1.82) is 0 Å². The number of H-pyrrole nitrogens is 4. The van der Waals surface area contributed by atoms with Crippen molar-refractivity contribution in [3.63, 3.8) is 0 Å². The highest BCUT2D eigenvalue weighted by Crippen LogP contribution is 2.30. The van der Waals surface area contributed by atoms with E-state index in [0.29, 0.717) is 34.1 Å². The van der Waals surface area contributed by atoms with Crippen LogP contribution in [0.1, 0.15) is 128 Å². The molecule has 0 spiro atoms. The number of aromatic carboxylic acids is 1. The number of aromatic nitrogens is 9. The van der Waals surface area contributed by atoms with Gasteiger partial charge < -0.3 is 37.3 Å². The lowest BCUT2D eigenvalue weighted by Gasteiger charge is -2.13. The van der Waals surface area contributed by atoms with E-state index >= 15 is 0 Å². The molecule has 16 nitrogen and oxygen atoms in total. The van der Waals surface area contributed by atoms with Gasteiger partial charge in [0.15, 0.2) is 0 Å². The number of nitrogens with two attached hydrogens (primary N) is 3. The number of nitrogens with one attached hydrogen (secondary N) is 4. The van der Waals surface area contributed by atoms with Crippen molar-refractivity contribution in [3.8, 4) is 0 Å². The second-order valence-corrected chi connectivity index (χ2v) is 17.6. The molecular formula is C55H60N12O4. The van der Waals surface area contributed by atoms with Gasteiger partial charge in [-0.05, 0) is 150 Å². The van der Waals surface area contributed by atoms with Crippen LogP contribution in [0.15, 0.2) is 92.5 Å². The molecule has 16 heteroatoms. The number of nitrogen functional groups attached to an aromatic ring is 3. The van der Waals surface area contributed by atoms with Gasteiger partial charge in [-0.1, -0.05) is 45.4 Å². The van der Waals surface area contributed by atoms with E-state index in [4.69, 9.17) is 22.3 Å². The normalized spacial score (nSPS) is 13.4. The number of aryl methyl sites for hydroxylation is 2. The summed E-state index contributed by atoms with van der Waals surface area (Å²) >= 11 is 0. The second-order valence-electron chi connectivity index (χ2n) is 17.6. The molecule has 0 saturated carbocycles. The average molecular weight is 953 g/mol. The molecule has 12 rings (SSSR count). The summed E-state index contributed by atoms with van der Waals surface area (Å²) in [6, 6.07) is 22.1. The van der Waals surface area contributed by atoms with Gasteiger partial charge in [0, 0.05) is 72.2 Å². The second kappa shape index (κ2) is 20.9. The van der Waals surface area contributed by atoms with Crippen LogP contribution in [0.25, 0.3) is 50.9 Å². The predicted molar refractivity (Wildman–Crippen MR) is 285 cm³/mol. The molecule has 6 heterocycles. The fraction of sp³-hybridized carbons (Fsp3) is 0.236. The molecule has 0 aliphatic heterocycles. The van der Waals surface area contributed by atoms with Crippen LogP contribution in [0, 0.1) is 0 Å². The van der Waals surface area contributed by atoms with Crippen molar-refractivity contribution in [2.45, 2.75) is 84.5 Å². The van der Waals surface area contributed by atoms with Crippen molar-refractivity contribution in [2.24, 2.45) is 0 Å². The smallest absolute Gasteiger partial charge is 0.336 e. The van der Waals surface area contributed by atoms with Crippen LogP contribution in [0.2, 0.25) is 0 Å². The molecule has 3 aliphatic rings. The van der Waals surface area contributed by atoms with E-state index in [2.05, 4.69) is 55.1 Å². The molecule has 6 aromatic heterocycles. The Balaban J connectivity index is 0.000000132. The minimum Gasteiger partial charge on any atom is -0.478 e. The highest BCUT2D eigenvalue weighted by atomic mass is 16.4. The molecule has 9 aromatic rings. The summed E-state index contributed by atoms with van der Waals surface area (Å²) in [6.07, 6.45) is 17.8. The third-order valence-electron chi connectivity index (χ3n) is 13.3. The molecule has 11 N–H and O–H groups in total. The van der Waals surface area contributed by atoms with E-state index in [0.717, 1.165) is 137 Å². The lowest BCUT2D eigenvalue weighted by atomic mass is 9.97. The Morgan fingerprint density at radius 3 is 1.55 bits per heavy atom. The molecule has 0 fully saturated rings. The largest absolute Gasteiger partial charge is 0.478 e. The Morgan fingerprint density at radius 1 is 0.563 bits per heavy atom. The Kier molecular flexibility index (Phi) is 14.4. The summed E-state index contributed by atoms with van der Waals surface area (Å²) in [6.45, 7) is 11.2. The third kappa shape index (κ3) is 9.68. The number of fused-ring (bicyclic) bond motifs is 6. The van der Waals surface area contributed by atoms with Gasteiger partial charge in [0.2, 0.25) is 0 Å². The number of carboxylic acids is 1. The summed E-state index contributed by atoms with van der Waals surface area (Å²) in [7, 11) is 0. The molecule has 0 unspecified atom stereocenters. The van der Waals surface area contributed by atoms with Crippen LogP contribution in [-0.2, 0) is 38.5 Å². The maximum atomic E-state index is 13.0. The van der Waals surface area contributed by atoms with Crippen molar-refractivity contribution < 1.29 is 19.5 Å². The van der Waals surface area contributed by atoms with Crippen molar-refractivity contribution >= 4 is 86.2 Å². The SMILES string of the molecule is C.C=Cc1cc2c(C(=O)O)cccc2[nH]1.C=Cc1cc2c(C(=O)n3nc(N)c4c3CCCC4)cccc2[nH]1.C=Cc1cc2c(C(=O)n3nc4c(c3N)CCCC4)cccc2[nH]1.Nc1n[nH]c2c1CCCC2. The number of anilines is 3. The first-order valence-electron chi connectivity index (χ1n) is 23.6.